The summed E-state index contributed by atoms with van der Waals surface area (Å²) in [7, 11) is 1.48. The first-order chi connectivity index (χ1) is 11.9. The highest BCUT2D eigenvalue weighted by Crippen LogP contribution is 2.32. The minimum Gasteiger partial charge on any atom is -0.480 e. The van der Waals surface area contributed by atoms with Gasteiger partial charge >= 0.3 is 6.18 Å². The second-order valence-electron chi connectivity index (χ2n) is 5.77. The summed E-state index contributed by atoms with van der Waals surface area (Å²) in [6, 6.07) is 3.33. The van der Waals surface area contributed by atoms with Gasteiger partial charge in [-0.15, -0.1) is 15.3 Å². The van der Waals surface area contributed by atoms with Crippen molar-refractivity contribution in [2.45, 2.75) is 25.4 Å². The number of aromatic nitrogens is 4. The van der Waals surface area contributed by atoms with Gasteiger partial charge in [-0.3, -0.25) is 10.2 Å². The smallest absolute Gasteiger partial charge is 0.393 e. The van der Waals surface area contributed by atoms with Gasteiger partial charge in [0, 0.05) is 32.0 Å². The Hall–Kier alpha value is -2.43. The van der Waals surface area contributed by atoms with Crippen LogP contribution in [0.1, 0.15) is 18.7 Å². The summed E-state index contributed by atoms with van der Waals surface area (Å²) in [5.41, 5.74) is 3.02. The molecule has 1 aliphatic heterocycles. The molecule has 136 valence electrons. The van der Waals surface area contributed by atoms with Gasteiger partial charge < -0.3 is 4.74 Å². The number of halogens is 3. The number of hydrazine groups is 1. The summed E-state index contributed by atoms with van der Waals surface area (Å²) >= 11 is 0. The van der Waals surface area contributed by atoms with E-state index in [1.165, 1.54) is 16.6 Å². The van der Waals surface area contributed by atoms with E-state index < -0.39 is 12.1 Å². The largest absolute Gasteiger partial charge is 0.480 e. The number of nitrogens with zero attached hydrogens (tertiary/aromatic N) is 5. The zero-order chi connectivity index (χ0) is 18.0. The van der Waals surface area contributed by atoms with Gasteiger partial charge in [-0.2, -0.15) is 17.7 Å². The molecule has 1 N–H and O–H groups in total. The highest BCUT2D eigenvalue weighted by atomic mass is 19.4. The standard InChI is InChI=1S/C14H17F3N6O2/c1-25-13-5-3-11-19-18-10(23(11)21-13)2-4-12(24)20-22-7-6-9(8-22)14(15,16)17/h3,5,9H,2,4,6-8H2,1H3,(H,20,24). The van der Waals surface area contributed by atoms with Gasteiger partial charge in [-0.05, 0) is 12.5 Å². The Morgan fingerprint density at radius 3 is 2.88 bits per heavy atom. The summed E-state index contributed by atoms with van der Waals surface area (Å²) < 4.78 is 44.4. The molecule has 1 atom stereocenters. The summed E-state index contributed by atoms with van der Waals surface area (Å²) in [6.07, 6.45) is -3.93. The number of ether oxygens (including phenoxy) is 1. The lowest BCUT2D eigenvalue weighted by molar-refractivity contribution is -0.171. The average Bonchev–Trinajstić information content (AvgIpc) is 3.18. The number of methoxy groups -OCH3 is 1. The third-order valence-electron chi connectivity index (χ3n) is 4.02. The van der Waals surface area contributed by atoms with Crippen molar-refractivity contribution in [1.29, 1.82) is 0 Å². The fourth-order valence-corrected chi connectivity index (χ4v) is 2.67. The Morgan fingerprint density at radius 2 is 2.20 bits per heavy atom. The number of carbonyl (C=O) groups excluding carboxylic acids is 1. The van der Waals surface area contributed by atoms with E-state index >= 15 is 0 Å². The Balaban J connectivity index is 1.55. The molecule has 11 heteroatoms. The molecule has 2 aromatic heterocycles. The highest BCUT2D eigenvalue weighted by Gasteiger charge is 2.43. The molecule has 1 amide bonds. The van der Waals surface area contributed by atoms with Crippen LogP contribution in [0.4, 0.5) is 13.2 Å². The molecule has 0 radical (unpaired) electrons. The van der Waals surface area contributed by atoms with E-state index in [4.69, 9.17) is 4.74 Å². The Bertz CT molecular complexity index is 763. The summed E-state index contributed by atoms with van der Waals surface area (Å²) in [5.74, 6) is -0.917. The molecule has 1 aliphatic rings. The first-order valence-corrected chi connectivity index (χ1v) is 7.73. The number of fused-ring (bicyclic) bond motifs is 1. The second-order valence-corrected chi connectivity index (χ2v) is 5.77. The maximum absolute atomic E-state index is 12.6. The molecular weight excluding hydrogens is 341 g/mol. The number of carbonyl (C=O) groups is 1. The fourth-order valence-electron chi connectivity index (χ4n) is 2.67. The SMILES string of the molecule is COc1ccc2nnc(CCC(=O)NN3CCC(C(F)(F)F)C3)n2n1. The molecular formula is C14H17F3N6O2. The maximum atomic E-state index is 12.6. The number of nitrogens with one attached hydrogen (secondary N) is 1. The maximum Gasteiger partial charge on any atom is 0.393 e. The van der Waals surface area contributed by atoms with Crippen LogP contribution in [0.25, 0.3) is 5.65 Å². The molecule has 0 aromatic carbocycles. The van der Waals surface area contributed by atoms with Gasteiger partial charge in [0.1, 0.15) is 0 Å². The summed E-state index contributed by atoms with van der Waals surface area (Å²) in [6.45, 7) is -0.0373. The normalized spacial score (nSPS) is 18.6. The van der Waals surface area contributed by atoms with Gasteiger partial charge in [0.15, 0.2) is 11.5 Å². The van der Waals surface area contributed by atoms with Crippen LogP contribution in [0.15, 0.2) is 12.1 Å². The lowest BCUT2D eigenvalue weighted by Crippen LogP contribution is -2.41. The van der Waals surface area contributed by atoms with E-state index in [2.05, 4.69) is 20.7 Å². The van der Waals surface area contributed by atoms with Crippen molar-refractivity contribution in [1.82, 2.24) is 30.2 Å². The van der Waals surface area contributed by atoms with E-state index in [0.717, 1.165) is 0 Å². The van der Waals surface area contributed by atoms with Crippen LogP contribution in [0, 0.1) is 5.92 Å². The quantitative estimate of drug-likeness (QED) is 0.858. The first kappa shape index (κ1) is 17.4. The number of hydrogen-bond acceptors (Lipinski definition) is 6. The Labute approximate surface area is 140 Å². The molecule has 0 saturated carbocycles. The van der Waals surface area contributed by atoms with Crippen molar-refractivity contribution in [3.8, 4) is 5.88 Å². The van der Waals surface area contributed by atoms with Crippen LogP contribution in [0.2, 0.25) is 0 Å². The van der Waals surface area contributed by atoms with Crippen molar-refractivity contribution in [2.24, 2.45) is 5.92 Å². The van der Waals surface area contributed by atoms with E-state index in [1.54, 1.807) is 12.1 Å². The number of hydrogen-bond donors (Lipinski definition) is 1. The molecule has 0 bridgehead atoms. The fraction of sp³-hybridized carbons (Fsp3) is 0.571. The van der Waals surface area contributed by atoms with Crippen molar-refractivity contribution < 1.29 is 22.7 Å². The number of rotatable bonds is 5. The number of aryl methyl sites for hydroxylation is 1. The van der Waals surface area contributed by atoms with Gasteiger partial charge in [0.25, 0.3) is 0 Å². The van der Waals surface area contributed by atoms with Gasteiger partial charge in [-0.1, -0.05) is 0 Å². The van der Waals surface area contributed by atoms with Crippen LogP contribution in [-0.4, -0.2) is 57.1 Å². The van der Waals surface area contributed by atoms with Crippen LogP contribution >= 0.6 is 0 Å². The molecule has 1 unspecified atom stereocenters. The molecule has 8 nitrogen and oxygen atoms in total. The van der Waals surface area contributed by atoms with Crippen LogP contribution in [0.5, 0.6) is 5.88 Å². The average molecular weight is 358 g/mol. The second kappa shape index (κ2) is 6.82. The first-order valence-electron chi connectivity index (χ1n) is 7.73. The van der Waals surface area contributed by atoms with Crippen LogP contribution in [0.3, 0.4) is 0 Å². The predicted molar refractivity (Wildman–Crippen MR) is 79.5 cm³/mol. The third-order valence-corrected chi connectivity index (χ3v) is 4.02. The molecule has 25 heavy (non-hydrogen) atoms. The van der Waals surface area contributed by atoms with Crippen LogP contribution < -0.4 is 10.2 Å². The van der Waals surface area contributed by atoms with Gasteiger partial charge in [0.2, 0.25) is 11.8 Å². The molecule has 3 rings (SSSR count). The van der Waals surface area contributed by atoms with Crippen LogP contribution in [-0.2, 0) is 11.2 Å². The Kier molecular flexibility index (Phi) is 4.75. The van der Waals surface area contributed by atoms with E-state index in [-0.39, 0.29) is 38.3 Å². The van der Waals surface area contributed by atoms with E-state index in [1.807, 2.05) is 0 Å². The lowest BCUT2D eigenvalue weighted by atomic mass is 10.1. The summed E-state index contributed by atoms with van der Waals surface area (Å²) in [4.78, 5) is 12.0. The van der Waals surface area contributed by atoms with Gasteiger partial charge in [-0.25, -0.2) is 5.01 Å². The minimum atomic E-state index is -4.23. The monoisotopic (exact) mass is 358 g/mol. The molecule has 0 aliphatic carbocycles. The van der Waals surface area contributed by atoms with Crippen molar-refractivity contribution in [3.05, 3.63) is 18.0 Å². The number of amides is 1. The van der Waals surface area contributed by atoms with Crippen molar-refractivity contribution in [3.63, 3.8) is 0 Å². The molecule has 3 heterocycles. The zero-order valence-corrected chi connectivity index (χ0v) is 13.5. The van der Waals surface area contributed by atoms with Crippen molar-refractivity contribution >= 4 is 11.6 Å². The van der Waals surface area contributed by atoms with E-state index in [9.17, 15) is 18.0 Å². The predicted octanol–water partition coefficient (Wildman–Crippen LogP) is 0.981. The number of alkyl halides is 3. The molecule has 0 spiro atoms. The zero-order valence-electron chi connectivity index (χ0n) is 13.5. The topological polar surface area (TPSA) is 84.6 Å². The molecule has 1 fully saturated rings. The Morgan fingerprint density at radius 1 is 1.40 bits per heavy atom. The van der Waals surface area contributed by atoms with Gasteiger partial charge in [0.05, 0.1) is 13.0 Å². The summed E-state index contributed by atoms with van der Waals surface area (Å²) in [5, 5.41) is 13.4. The van der Waals surface area contributed by atoms with Crippen molar-refractivity contribution in [2.75, 3.05) is 20.2 Å². The highest BCUT2D eigenvalue weighted by molar-refractivity contribution is 5.75. The molecule has 1 saturated heterocycles. The van der Waals surface area contributed by atoms with E-state index in [0.29, 0.717) is 17.4 Å². The third kappa shape index (κ3) is 3.98. The molecule has 2 aromatic rings. The lowest BCUT2D eigenvalue weighted by Gasteiger charge is -2.18. The minimum absolute atomic E-state index is 0.0116.